The standard InChI is InChI=1S/C15H16ClNO2S2/c16-12-4-1-3-11(7-12)9-21(18)10-13-8-20-15(17-13)14-5-2-6-19-14/h1,3-4,7-8,14H,2,5-6,9-10H2/t14-,21-/m0/s1. The Hall–Kier alpha value is -0.750. The van der Waals surface area contributed by atoms with E-state index in [-0.39, 0.29) is 6.10 Å². The van der Waals surface area contributed by atoms with Crippen LogP contribution in [-0.4, -0.2) is 15.8 Å². The van der Waals surface area contributed by atoms with E-state index in [0.29, 0.717) is 16.5 Å². The van der Waals surface area contributed by atoms with Crippen LogP contribution in [0.25, 0.3) is 0 Å². The summed E-state index contributed by atoms with van der Waals surface area (Å²) in [7, 11) is -0.974. The Morgan fingerprint density at radius 3 is 3.10 bits per heavy atom. The van der Waals surface area contributed by atoms with E-state index in [1.165, 1.54) is 0 Å². The fourth-order valence-corrected chi connectivity index (χ4v) is 4.69. The average molecular weight is 342 g/mol. The number of hydrogen-bond acceptors (Lipinski definition) is 4. The number of thiazole rings is 1. The molecule has 6 heteroatoms. The zero-order valence-electron chi connectivity index (χ0n) is 11.5. The van der Waals surface area contributed by atoms with Gasteiger partial charge in [-0.15, -0.1) is 11.3 Å². The van der Waals surface area contributed by atoms with E-state index >= 15 is 0 Å². The average Bonchev–Trinajstić information content (AvgIpc) is 3.08. The van der Waals surface area contributed by atoms with Gasteiger partial charge in [0.05, 0.1) is 11.4 Å². The third-order valence-electron chi connectivity index (χ3n) is 3.30. The first-order valence-electron chi connectivity index (χ1n) is 6.86. The van der Waals surface area contributed by atoms with Crippen molar-refractivity contribution in [1.82, 2.24) is 4.98 Å². The molecule has 0 N–H and O–H groups in total. The van der Waals surface area contributed by atoms with Gasteiger partial charge in [-0.05, 0) is 30.5 Å². The van der Waals surface area contributed by atoms with Gasteiger partial charge in [0.25, 0.3) is 0 Å². The molecule has 1 aromatic heterocycles. The second kappa shape index (κ2) is 7.01. The van der Waals surface area contributed by atoms with Crippen LogP contribution in [0, 0.1) is 0 Å². The molecule has 2 heterocycles. The van der Waals surface area contributed by atoms with Gasteiger partial charge >= 0.3 is 0 Å². The van der Waals surface area contributed by atoms with Crippen LogP contribution in [-0.2, 0) is 27.0 Å². The molecule has 0 radical (unpaired) electrons. The van der Waals surface area contributed by atoms with Gasteiger partial charge in [-0.1, -0.05) is 23.7 Å². The lowest BCUT2D eigenvalue weighted by Gasteiger charge is -2.04. The molecule has 0 amide bonds. The molecule has 1 aromatic carbocycles. The predicted molar refractivity (Wildman–Crippen MR) is 87.0 cm³/mol. The highest BCUT2D eigenvalue weighted by Gasteiger charge is 2.21. The third kappa shape index (κ3) is 4.13. The summed E-state index contributed by atoms with van der Waals surface area (Å²) in [5.74, 6) is 0.989. The maximum atomic E-state index is 12.2. The maximum Gasteiger partial charge on any atom is 0.122 e. The Balaban J connectivity index is 1.59. The van der Waals surface area contributed by atoms with E-state index in [9.17, 15) is 4.21 Å². The number of hydrogen-bond donors (Lipinski definition) is 0. The molecule has 0 unspecified atom stereocenters. The third-order valence-corrected chi connectivity index (χ3v) is 5.79. The van der Waals surface area contributed by atoms with Crippen molar-refractivity contribution in [2.45, 2.75) is 30.5 Å². The first-order chi connectivity index (χ1) is 10.2. The van der Waals surface area contributed by atoms with Crippen LogP contribution in [0.5, 0.6) is 0 Å². The fourth-order valence-electron chi connectivity index (χ4n) is 2.34. The van der Waals surface area contributed by atoms with Crippen molar-refractivity contribution < 1.29 is 8.95 Å². The molecule has 1 fully saturated rings. The van der Waals surface area contributed by atoms with E-state index in [1.807, 2.05) is 29.6 Å². The van der Waals surface area contributed by atoms with Crippen LogP contribution in [0.2, 0.25) is 5.02 Å². The number of benzene rings is 1. The Bertz CT molecular complexity index is 638. The molecule has 0 saturated carbocycles. The van der Waals surface area contributed by atoms with Gasteiger partial charge in [0.1, 0.15) is 11.1 Å². The topological polar surface area (TPSA) is 39.2 Å². The summed E-state index contributed by atoms with van der Waals surface area (Å²) < 4.78 is 17.8. The summed E-state index contributed by atoms with van der Waals surface area (Å²) in [5, 5.41) is 3.69. The van der Waals surface area contributed by atoms with Gasteiger partial charge in [0.2, 0.25) is 0 Å². The lowest BCUT2D eigenvalue weighted by atomic mass is 10.2. The lowest BCUT2D eigenvalue weighted by molar-refractivity contribution is 0.111. The molecule has 3 rings (SSSR count). The van der Waals surface area contributed by atoms with Crippen molar-refractivity contribution in [2.75, 3.05) is 6.61 Å². The van der Waals surface area contributed by atoms with Crippen LogP contribution in [0.3, 0.4) is 0 Å². The molecule has 112 valence electrons. The largest absolute Gasteiger partial charge is 0.371 e. The van der Waals surface area contributed by atoms with Crippen molar-refractivity contribution >= 4 is 33.7 Å². The summed E-state index contributed by atoms with van der Waals surface area (Å²) in [6, 6.07) is 7.51. The molecule has 3 nitrogen and oxygen atoms in total. The van der Waals surface area contributed by atoms with Gasteiger partial charge < -0.3 is 4.74 Å². The molecular weight excluding hydrogens is 326 g/mol. The highest BCUT2D eigenvalue weighted by atomic mass is 35.5. The fraction of sp³-hybridized carbons (Fsp3) is 0.400. The first-order valence-corrected chi connectivity index (χ1v) is 9.60. The molecule has 21 heavy (non-hydrogen) atoms. The van der Waals surface area contributed by atoms with E-state index in [1.54, 1.807) is 11.3 Å². The van der Waals surface area contributed by atoms with Crippen molar-refractivity contribution in [3.63, 3.8) is 0 Å². The van der Waals surface area contributed by atoms with Crippen molar-refractivity contribution in [3.8, 4) is 0 Å². The van der Waals surface area contributed by atoms with E-state index in [4.69, 9.17) is 16.3 Å². The molecule has 0 aliphatic carbocycles. The van der Waals surface area contributed by atoms with Crippen LogP contribution in [0.15, 0.2) is 29.6 Å². The molecule has 1 aliphatic rings. The molecule has 0 spiro atoms. The minimum Gasteiger partial charge on any atom is -0.371 e. The van der Waals surface area contributed by atoms with E-state index < -0.39 is 10.8 Å². The molecule has 2 atom stereocenters. The lowest BCUT2D eigenvalue weighted by Crippen LogP contribution is -2.01. The minimum absolute atomic E-state index is 0.144. The summed E-state index contributed by atoms with van der Waals surface area (Å²) in [5.41, 5.74) is 1.89. The first kappa shape index (κ1) is 15.2. The van der Waals surface area contributed by atoms with Crippen LogP contribution in [0.4, 0.5) is 0 Å². The van der Waals surface area contributed by atoms with Crippen molar-refractivity contribution in [3.05, 3.63) is 50.9 Å². The van der Waals surface area contributed by atoms with Crippen molar-refractivity contribution in [1.29, 1.82) is 0 Å². The Morgan fingerprint density at radius 2 is 2.33 bits per heavy atom. The number of nitrogens with zero attached hydrogens (tertiary/aromatic N) is 1. The Labute approximate surface area is 135 Å². The van der Waals surface area contributed by atoms with Gasteiger partial charge in [-0.3, -0.25) is 4.21 Å². The zero-order valence-corrected chi connectivity index (χ0v) is 13.8. The number of halogens is 1. The zero-order chi connectivity index (χ0) is 14.7. The van der Waals surface area contributed by atoms with Gasteiger partial charge in [0.15, 0.2) is 0 Å². The molecule has 0 bridgehead atoms. The normalized spacial score (nSPS) is 19.8. The predicted octanol–water partition coefficient (Wildman–Crippen LogP) is 4.10. The van der Waals surface area contributed by atoms with Gasteiger partial charge in [-0.25, -0.2) is 4.98 Å². The quantitative estimate of drug-likeness (QED) is 0.822. The van der Waals surface area contributed by atoms with Crippen molar-refractivity contribution in [2.24, 2.45) is 0 Å². The van der Waals surface area contributed by atoms with Crippen LogP contribution < -0.4 is 0 Å². The van der Waals surface area contributed by atoms with E-state index in [0.717, 1.165) is 35.7 Å². The summed E-state index contributed by atoms with van der Waals surface area (Å²) in [6.45, 7) is 0.820. The van der Waals surface area contributed by atoms with Crippen LogP contribution in [0.1, 0.15) is 35.2 Å². The minimum atomic E-state index is -0.974. The number of aromatic nitrogens is 1. The molecule has 1 saturated heterocycles. The summed E-state index contributed by atoms with van der Waals surface area (Å²) >= 11 is 7.55. The highest BCUT2D eigenvalue weighted by Crippen LogP contribution is 2.30. The maximum absolute atomic E-state index is 12.2. The number of rotatable bonds is 5. The Morgan fingerprint density at radius 1 is 1.43 bits per heavy atom. The Kier molecular flexibility index (Phi) is 5.06. The van der Waals surface area contributed by atoms with E-state index in [2.05, 4.69) is 4.98 Å². The summed E-state index contributed by atoms with van der Waals surface area (Å²) in [6.07, 6.45) is 2.28. The smallest absolute Gasteiger partial charge is 0.122 e. The molecule has 2 aromatic rings. The monoisotopic (exact) mass is 341 g/mol. The SMILES string of the molecule is O=[S@@](Cc1cccc(Cl)c1)Cc1csc([C@@H]2CCCO2)n1. The molecular formula is C15H16ClNO2S2. The summed E-state index contributed by atoms with van der Waals surface area (Å²) in [4.78, 5) is 4.57. The number of ether oxygens (including phenoxy) is 1. The van der Waals surface area contributed by atoms with Gasteiger partial charge in [-0.2, -0.15) is 0 Å². The van der Waals surface area contributed by atoms with Crippen LogP contribution >= 0.6 is 22.9 Å². The van der Waals surface area contributed by atoms with Gasteiger partial charge in [0, 0.05) is 33.6 Å². The second-order valence-electron chi connectivity index (χ2n) is 5.04. The second-order valence-corrected chi connectivity index (χ2v) is 7.82. The molecule has 1 aliphatic heterocycles. The highest BCUT2D eigenvalue weighted by molar-refractivity contribution is 7.83.